The molecule has 0 heterocycles. The SMILES string of the molecule is COC(=O)C(C#N)=Cc1ccc(Oc2ccc(C(C)(C)C)cc2)c([N+](=O)[O-])c1. The molecule has 0 aliphatic heterocycles. The van der Waals surface area contributed by atoms with E-state index < -0.39 is 10.9 Å². The molecular weight excluding hydrogens is 360 g/mol. The van der Waals surface area contributed by atoms with Gasteiger partial charge in [0.15, 0.2) is 0 Å². The first-order valence-corrected chi connectivity index (χ1v) is 8.42. The summed E-state index contributed by atoms with van der Waals surface area (Å²) in [4.78, 5) is 22.4. The molecule has 0 aliphatic rings. The van der Waals surface area contributed by atoms with E-state index in [1.54, 1.807) is 18.2 Å². The van der Waals surface area contributed by atoms with Gasteiger partial charge in [-0.1, -0.05) is 39.0 Å². The van der Waals surface area contributed by atoms with Crippen LogP contribution in [0.2, 0.25) is 0 Å². The van der Waals surface area contributed by atoms with E-state index in [1.165, 1.54) is 24.3 Å². The highest BCUT2D eigenvalue weighted by atomic mass is 16.6. The minimum atomic E-state index is -0.815. The van der Waals surface area contributed by atoms with Gasteiger partial charge in [-0.15, -0.1) is 0 Å². The fraction of sp³-hybridized carbons (Fsp3) is 0.238. The summed E-state index contributed by atoms with van der Waals surface area (Å²) < 4.78 is 10.2. The smallest absolute Gasteiger partial charge is 0.348 e. The van der Waals surface area contributed by atoms with Crippen LogP contribution in [0.3, 0.4) is 0 Å². The number of methoxy groups -OCH3 is 1. The number of ether oxygens (including phenoxy) is 2. The second kappa shape index (κ2) is 8.35. The van der Waals surface area contributed by atoms with Gasteiger partial charge < -0.3 is 9.47 Å². The third-order valence-corrected chi connectivity index (χ3v) is 3.96. The van der Waals surface area contributed by atoms with Gasteiger partial charge in [-0.2, -0.15) is 5.26 Å². The molecule has 0 saturated heterocycles. The number of rotatable bonds is 5. The summed E-state index contributed by atoms with van der Waals surface area (Å²) in [5.74, 6) is -0.293. The quantitative estimate of drug-likeness (QED) is 0.243. The Morgan fingerprint density at radius 1 is 1.18 bits per heavy atom. The molecule has 0 aliphatic carbocycles. The van der Waals surface area contributed by atoms with Crippen LogP contribution in [0.25, 0.3) is 6.08 Å². The van der Waals surface area contributed by atoms with Gasteiger partial charge >= 0.3 is 11.7 Å². The molecule has 0 unspecified atom stereocenters. The summed E-state index contributed by atoms with van der Waals surface area (Å²) in [6.07, 6.45) is 1.22. The highest BCUT2D eigenvalue weighted by Crippen LogP contribution is 2.33. The molecule has 0 amide bonds. The van der Waals surface area contributed by atoms with Gasteiger partial charge in [0.25, 0.3) is 0 Å². The third-order valence-electron chi connectivity index (χ3n) is 3.96. The lowest BCUT2D eigenvalue weighted by molar-refractivity contribution is -0.385. The fourth-order valence-electron chi connectivity index (χ4n) is 2.42. The van der Waals surface area contributed by atoms with Gasteiger partial charge in [-0.25, -0.2) is 4.79 Å². The van der Waals surface area contributed by atoms with E-state index in [4.69, 9.17) is 10.00 Å². The summed E-state index contributed by atoms with van der Waals surface area (Å²) in [6, 6.07) is 13.2. The minimum absolute atomic E-state index is 0.0173. The number of benzene rings is 2. The lowest BCUT2D eigenvalue weighted by Crippen LogP contribution is -2.10. The van der Waals surface area contributed by atoms with Gasteiger partial charge in [0.1, 0.15) is 17.4 Å². The molecule has 0 radical (unpaired) electrons. The van der Waals surface area contributed by atoms with Crippen LogP contribution in [0, 0.1) is 21.4 Å². The normalized spacial score (nSPS) is 11.5. The Hall–Kier alpha value is -3.66. The molecule has 2 aromatic carbocycles. The molecule has 0 fully saturated rings. The van der Waals surface area contributed by atoms with Crippen LogP contribution < -0.4 is 4.74 Å². The van der Waals surface area contributed by atoms with E-state index in [1.807, 2.05) is 12.1 Å². The van der Waals surface area contributed by atoms with Crippen molar-refractivity contribution in [1.29, 1.82) is 5.26 Å². The van der Waals surface area contributed by atoms with Crippen LogP contribution in [0.5, 0.6) is 11.5 Å². The van der Waals surface area contributed by atoms with Crippen LogP contribution in [0.15, 0.2) is 48.0 Å². The predicted molar refractivity (Wildman–Crippen MR) is 104 cm³/mol. The van der Waals surface area contributed by atoms with Gasteiger partial charge in [0, 0.05) is 6.07 Å². The molecule has 0 bridgehead atoms. The Morgan fingerprint density at radius 3 is 2.32 bits per heavy atom. The second-order valence-corrected chi connectivity index (χ2v) is 7.02. The molecule has 7 nitrogen and oxygen atoms in total. The number of carbonyl (C=O) groups is 1. The van der Waals surface area contributed by atoms with E-state index in [9.17, 15) is 14.9 Å². The first kappa shape index (κ1) is 20.6. The number of hydrogen-bond donors (Lipinski definition) is 0. The Kier molecular flexibility index (Phi) is 6.16. The molecule has 144 valence electrons. The van der Waals surface area contributed by atoms with E-state index >= 15 is 0 Å². The number of nitro benzene ring substituents is 1. The van der Waals surface area contributed by atoms with Crippen molar-refractivity contribution < 1.29 is 19.2 Å². The molecule has 0 saturated carbocycles. The minimum Gasteiger partial charge on any atom is -0.465 e. The number of esters is 1. The van der Waals surface area contributed by atoms with Crippen LogP contribution in [-0.2, 0) is 14.9 Å². The molecule has 2 aromatic rings. The number of carbonyl (C=O) groups excluding carboxylic acids is 1. The van der Waals surface area contributed by atoms with Crippen molar-refractivity contribution in [3.05, 3.63) is 69.3 Å². The largest absolute Gasteiger partial charge is 0.465 e. The van der Waals surface area contributed by atoms with Crippen molar-refractivity contribution in [2.75, 3.05) is 7.11 Å². The van der Waals surface area contributed by atoms with E-state index in [0.717, 1.165) is 12.7 Å². The Balaban J connectivity index is 2.36. The molecule has 0 aromatic heterocycles. The van der Waals surface area contributed by atoms with Crippen molar-refractivity contribution in [2.45, 2.75) is 26.2 Å². The molecular formula is C21H20N2O5. The maximum Gasteiger partial charge on any atom is 0.348 e. The first-order valence-electron chi connectivity index (χ1n) is 8.42. The van der Waals surface area contributed by atoms with Crippen molar-refractivity contribution in [3.8, 4) is 17.6 Å². The third kappa shape index (κ3) is 4.95. The summed E-state index contributed by atoms with van der Waals surface area (Å²) >= 11 is 0. The van der Waals surface area contributed by atoms with Crippen molar-refractivity contribution in [3.63, 3.8) is 0 Å². The summed E-state index contributed by atoms with van der Waals surface area (Å²) in [6.45, 7) is 6.26. The Bertz CT molecular complexity index is 964. The van der Waals surface area contributed by atoms with Gasteiger partial charge in [-0.3, -0.25) is 10.1 Å². The zero-order chi connectivity index (χ0) is 20.9. The first-order chi connectivity index (χ1) is 13.2. The van der Waals surface area contributed by atoms with E-state index in [0.29, 0.717) is 11.3 Å². The monoisotopic (exact) mass is 380 g/mol. The molecule has 0 spiro atoms. The number of hydrogen-bond acceptors (Lipinski definition) is 6. The van der Waals surface area contributed by atoms with Crippen LogP contribution in [0.1, 0.15) is 31.9 Å². The average Bonchev–Trinajstić information content (AvgIpc) is 2.66. The summed E-state index contributed by atoms with van der Waals surface area (Å²) in [5.41, 5.74) is 0.862. The van der Waals surface area contributed by atoms with Crippen LogP contribution >= 0.6 is 0 Å². The summed E-state index contributed by atoms with van der Waals surface area (Å²) in [7, 11) is 1.15. The molecule has 2 rings (SSSR count). The van der Waals surface area contributed by atoms with Gasteiger partial charge in [0.2, 0.25) is 5.75 Å². The Labute approximate surface area is 163 Å². The summed E-state index contributed by atoms with van der Waals surface area (Å²) in [5, 5.41) is 20.5. The zero-order valence-electron chi connectivity index (χ0n) is 16.1. The standard InChI is InChI=1S/C21H20N2O5/c1-21(2,3)16-6-8-17(9-7-16)28-19-10-5-14(12-18(19)23(25)26)11-15(13-22)20(24)27-4/h5-12H,1-4H3. The molecule has 28 heavy (non-hydrogen) atoms. The van der Waals surface area contributed by atoms with Crippen LogP contribution in [-0.4, -0.2) is 18.0 Å². The van der Waals surface area contributed by atoms with Gasteiger partial charge in [-0.05, 0) is 40.8 Å². The van der Waals surface area contributed by atoms with E-state index in [-0.39, 0.29) is 22.4 Å². The predicted octanol–water partition coefficient (Wildman–Crippen LogP) is 4.76. The fourth-order valence-corrected chi connectivity index (χ4v) is 2.42. The molecule has 7 heteroatoms. The van der Waals surface area contributed by atoms with Crippen molar-refractivity contribution >= 4 is 17.7 Å². The average molecular weight is 380 g/mol. The molecule has 0 N–H and O–H groups in total. The van der Waals surface area contributed by atoms with E-state index in [2.05, 4.69) is 25.5 Å². The number of nitro groups is 1. The van der Waals surface area contributed by atoms with Crippen molar-refractivity contribution in [2.24, 2.45) is 0 Å². The maximum absolute atomic E-state index is 11.5. The highest BCUT2D eigenvalue weighted by Gasteiger charge is 2.18. The maximum atomic E-state index is 11.5. The number of nitrogens with zero attached hydrogens (tertiary/aromatic N) is 2. The second-order valence-electron chi connectivity index (χ2n) is 7.02. The van der Waals surface area contributed by atoms with Crippen molar-refractivity contribution in [1.82, 2.24) is 0 Å². The lowest BCUT2D eigenvalue weighted by Gasteiger charge is -2.19. The zero-order valence-corrected chi connectivity index (χ0v) is 16.1. The number of nitriles is 1. The Morgan fingerprint density at radius 2 is 1.82 bits per heavy atom. The highest BCUT2D eigenvalue weighted by molar-refractivity contribution is 5.97. The topological polar surface area (TPSA) is 102 Å². The van der Waals surface area contributed by atoms with Crippen LogP contribution in [0.4, 0.5) is 5.69 Å². The molecule has 0 atom stereocenters. The van der Waals surface area contributed by atoms with Gasteiger partial charge in [0.05, 0.1) is 12.0 Å². The lowest BCUT2D eigenvalue weighted by atomic mass is 9.87.